The third-order valence-electron chi connectivity index (χ3n) is 4.56. The van der Waals surface area contributed by atoms with Gasteiger partial charge in [0.1, 0.15) is 5.76 Å². The van der Waals surface area contributed by atoms with E-state index in [9.17, 15) is 14.4 Å². The molecule has 3 aromatic rings. The van der Waals surface area contributed by atoms with Crippen molar-refractivity contribution in [3.8, 4) is 0 Å². The Bertz CT molecular complexity index is 1050. The SMILES string of the molecule is O=C(CN1C(=O)CSc2ccc(C(=O)NCc3ccco3)cc21)c1ccccc1. The fourth-order valence-electron chi connectivity index (χ4n) is 3.06. The average Bonchev–Trinajstić information content (AvgIpc) is 3.28. The second-order valence-corrected chi connectivity index (χ2v) is 7.52. The van der Waals surface area contributed by atoms with Gasteiger partial charge in [-0.1, -0.05) is 30.3 Å². The van der Waals surface area contributed by atoms with E-state index in [2.05, 4.69) is 5.32 Å². The molecule has 0 fully saturated rings. The number of nitrogens with one attached hydrogen (secondary N) is 1. The zero-order chi connectivity index (χ0) is 20.2. The molecule has 0 saturated carbocycles. The van der Waals surface area contributed by atoms with Crippen LogP contribution >= 0.6 is 11.8 Å². The monoisotopic (exact) mass is 406 g/mol. The fraction of sp³-hybridized carbons (Fsp3) is 0.136. The third-order valence-corrected chi connectivity index (χ3v) is 5.61. The van der Waals surface area contributed by atoms with Crippen LogP contribution in [0.4, 0.5) is 5.69 Å². The maximum Gasteiger partial charge on any atom is 0.251 e. The molecule has 4 rings (SSSR count). The minimum Gasteiger partial charge on any atom is -0.467 e. The highest BCUT2D eigenvalue weighted by Crippen LogP contribution is 2.36. The van der Waals surface area contributed by atoms with Crippen LogP contribution in [0, 0.1) is 0 Å². The maximum atomic E-state index is 12.6. The molecule has 6 nitrogen and oxygen atoms in total. The highest BCUT2D eigenvalue weighted by atomic mass is 32.2. The summed E-state index contributed by atoms with van der Waals surface area (Å²) in [4.78, 5) is 40.0. The summed E-state index contributed by atoms with van der Waals surface area (Å²) >= 11 is 1.41. The number of hydrogen-bond acceptors (Lipinski definition) is 5. The molecule has 0 aliphatic carbocycles. The highest BCUT2D eigenvalue weighted by Gasteiger charge is 2.27. The van der Waals surface area contributed by atoms with Crippen LogP contribution < -0.4 is 10.2 Å². The van der Waals surface area contributed by atoms with Gasteiger partial charge in [-0.15, -0.1) is 11.8 Å². The van der Waals surface area contributed by atoms with Crippen LogP contribution in [0.2, 0.25) is 0 Å². The molecule has 1 aliphatic heterocycles. The van der Waals surface area contributed by atoms with Crippen molar-refractivity contribution >= 4 is 35.0 Å². The highest BCUT2D eigenvalue weighted by molar-refractivity contribution is 8.00. The molecule has 2 aromatic carbocycles. The number of Topliss-reactive ketones (excluding diaryl/α,β-unsaturated/α-hetero) is 1. The van der Waals surface area contributed by atoms with E-state index in [0.29, 0.717) is 22.6 Å². The van der Waals surface area contributed by atoms with Crippen LogP contribution in [0.15, 0.2) is 76.2 Å². The molecular formula is C22H18N2O4S. The van der Waals surface area contributed by atoms with Gasteiger partial charge in [0.2, 0.25) is 5.91 Å². The van der Waals surface area contributed by atoms with Crippen molar-refractivity contribution in [1.82, 2.24) is 5.32 Å². The van der Waals surface area contributed by atoms with Crippen molar-refractivity contribution in [2.75, 3.05) is 17.2 Å². The minimum atomic E-state index is -0.276. The summed E-state index contributed by atoms with van der Waals surface area (Å²) in [6.07, 6.45) is 1.55. The van der Waals surface area contributed by atoms with Crippen molar-refractivity contribution in [2.45, 2.75) is 11.4 Å². The number of fused-ring (bicyclic) bond motifs is 1. The fourth-order valence-corrected chi connectivity index (χ4v) is 3.97. The summed E-state index contributed by atoms with van der Waals surface area (Å²) in [5.74, 6) is 0.335. The Balaban J connectivity index is 1.55. The number of anilines is 1. The normalized spacial score (nSPS) is 13.1. The predicted octanol–water partition coefficient (Wildman–Crippen LogP) is 3.53. The van der Waals surface area contributed by atoms with E-state index < -0.39 is 0 Å². The summed E-state index contributed by atoms with van der Waals surface area (Å²) in [7, 11) is 0. The molecule has 1 aromatic heterocycles. The largest absolute Gasteiger partial charge is 0.467 e. The van der Waals surface area contributed by atoms with Crippen molar-refractivity contribution < 1.29 is 18.8 Å². The molecule has 0 bridgehead atoms. The average molecular weight is 406 g/mol. The van der Waals surface area contributed by atoms with Crippen LogP contribution in [0.1, 0.15) is 26.5 Å². The number of furan rings is 1. The van der Waals surface area contributed by atoms with Gasteiger partial charge < -0.3 is 14.6 Å². The van der Waals surface area contributed by atoms with Gasteiger partial charge in [0.05, 0.1) is 30.8 Å². The van der Waals surface area contributed by atoms with Crippen LogP contribution in [0.3, 0.4) is 0 Å². The van der Waals surface area contributed by atoms with E-state index in [-0.39, 0.29) is 36.4 Å². The number of carbonyl (C=O) groups is 3. The van der Waals surface area contributed by atoms with E-state index in [4.69, 9.17) is 4.42 Å². The first kappa shape index (κ1) is 19.0. The number of thioether (sulfide) groups is 1. The molecule has 2 amide bonds. The number of nitrogens with zero attached hydrogens (tertiary/aromatic N) is 1. The van der Waals surface area contributed by atoms with Crippen LogP contribution in [0.5, 0.6) is 0 Å². The number of carbonyl (C=O) groups excluding carboxylic acids is 3. The Morgan fingerprint density at radius 1 is 1.03 bits per heavy atom. The van der Waals surface area contributed by atoms with Crippen molar-refractivity contribution in [3.63, 3.8) is 0 Å². The molecule has 0 radical (unpaired) electrons. The smallest absolute Gasteiger partial charge is 0.251 e. The zero-order valence-corrected chi connectivity index (χ0v) is 16.3. The summed E-state index contributed by atoms with van der Waals surface area (Å²) < 4.78 is 5.22. The number of rotatable bonds is 6. The van der Waals surface area contributed by atoms with Gasteiger partial charge >= 0.3 is 0 Å². The Morgan fingerprint density at radius 2 is 1.86 bits per heavy atom. The molecule has 1 aliphatic rings. The van der Waals surface area contributed by atoms with Gasteiger partial charge in [-0.2, -0.15) is 0 Å². The predicted molar refractivity (Wildman–Crippen MR) is 110 cm³/mol. The lowest BCUT2D eigenvalue weighted by atomic mass is 10.1. The third kappa shape index (κ3) is 4.25. The molecule has 146 valence electrons. The van der Waals surface area contributed by atoms with Gasteiger partial charge in [-0.3, -0.25) is 14.4 Å². The van der Waals surface area contributed by atoms with Gasteiger partial charge in [0, 0.05) is 16.0 Å². The second kappa shape index (κ2) is 8.36. The first-order valence-electron chi connectivity index (χ1n) is 9.08. The number of ketones is 1. The lowest BCUT2D eigenvalue weighted by molar-refractivity contribution is -0.116. The molecule has 0 saturated heterocycles. The minimum absolute atomic E-state index is 0.0616. The quantitative estimate of drug-likeness (QED) is 0.634. The lowest BCUT2D eigenvalue weighted by Crippen LogP contribution is -2.39. The Labute approximate surface area is 171 Å². The van der Waals surface area contributed by atoms with Crippen LogP contribution in [-0.4, -0.2) is 29.9 Å². The molecule has 1 N–H and O–H groups in total. The van der Waals surface area contributed by atoms with Crippen LogP contribution in [0.25, 0.3) is 0 Å². The van der Waals surface area contributed by atoms with Gasteiger partial charge in [-0.05, 0) is 30.3 Å². The van der Waals surface area contributed by atoms with E-state index in [1.54, 1.807) is 54.8 Å². The summed E-state index contributed by atoms with van der Waals surface area (Å²) in [6, 6.07) is 17.6. The van der Waals surface area contributed by atoms with E-state index in [0.717, 1.165) is 4.90 Å². The maximum absolute atomic E-state index is 12.6. The molecular weight excluding hydrogens is 388 g/mol. The molecule has 29 heavy (non-hydrogen) atoms. The van der Waals surface area contributed by atoms with E-state index in [1.165, 1.54) is 16.7 Å². The summed E-state index contributed by atoms with van der Waals surface area (Å²) in [5.41, 5.74) is 1.55. The Hall–Kier alpha value is -3.32. The lowest BCUT2D eigenvalue weighted by Gasteiger charge is -2.29. The Kier molecular flexibility index (Phi) is 5.48. The second-order valence-electron chi connectivity index (χ2n) is 6.50. The Morgan fingerprint density at radius 3 is 2.62 bits per heavy atom. The molecule has 0 spiro atoms. The van der Waals surface area contributed by atoms with Gasteiger partial charge in [0.15, 0.2) is 5.78 Å². The number of benzene rings is 2. The summed E-state index contributed by atoms with van der Waals surface area (Å²) in [5, 5.41) is 2.79. The van der Waals surface area contributed by atoms with Crippen LogP contribution in [-0.2, 0) is 11.3 Å². The molecule has 0 atom stereocenters. The molecule has 0 unspecified atom stereocenters. The molecule has 2 heterocycles. The van der Waals surface area contributed by atoms with E-state index in [1.807, 2.05) is 12.1 Å². The first-order valence-corrected chi connectivity index (χ1v) is 10.1. The topological polar surface area (TPSA) is 79.6 Å². The number of amides is 2. The summed E-state index contributed by atoms with van der Waals surface area (Å²) in [6.45, 7) is 0.209. The van der Waals surface area contributed by atoms with Gasteiger partial charge in [0.25, 0.3) is 5.91 Å². The van der Waals surface area contributed by atoms with E-state index >= 15 is 0 Å². The van der Waals surface area contributed by atoms with Gasteiger partial charge in [-0.25, -0.2) is 0 Å². The standard InChI is InChI=1S/C22H18N2O4S/c25-19(15-5-2-1-3-6-15)13-24-18-11-16(8-9-20(18)29-14-21(24)26)22(27)23-12-17-7-4-10-28-17/h1-11H,12-14H2,(H,23,27). The zero-order valence-electron chi connectivity index (χ0n) is 15.5. The molecule has 7 heteroatoms. The van der Waals surface area contributed by atoms with Crippen molar-refractivity contribution in [2.24, 2.45) is 0 Å². The first-order chi connectivity index (χ1) is 14.1. The number of hydrogen-bond donors (Lipinski definition) is 1. The van der Waals surface area contributed by atoms with Crippen molar-refractivity contribution in [1.29, 1.82) is 0 Å². The van der Waals surface area contributed by atoms with Crippen molar-refractivity contribution in [3.05, 3.63) is 83.8 Å².